The molecule has 2 aromatic carbocycles. The van der Waals surface area contributed by atoms with Gasteiger partial charge in [0.05, 0.1) is 24.8 Å². The molecule has 3 rings (SSSR count). The van der Waals surface area contributed by atoms with Crippen LogP contribution in [0.3, 0.4) is 0 Å². The summed E-state index contributed by atoms with van der Waals surface area (Å²) in [7, 11) is 1.66. The van der Waals surface area contributed by atoms with E-state index in [9.17, 15) is 4.79 Å². The molecule has 0 aliphatic heterocycles. The minimum Gasteiger partial charge on any atom is -0.497 e. The zero-order valence-corrected chi connectivity index (χ0v) is 19.5. The van der Waals surface area contributed by atoms with E-state index in [1.807, 2.05) is 44.2 Å². The smallest absolute Gasteiger partial charge is 0.222 e. The van der Waals surface area contributed by atoms with Gasteiger partial charge >= 0.3 is 0 Å². The molecule has 6 heteroatoms. The van der Waals surface area contributed by atoms with E-state index in [-0.39, 0.29) is 11.8 Å². The van der Waals surface area contributed by atoms with E-state index in [1.54, 1.807) is 7.11 Å². The Morgan fingerprint density at radius 1 is 1.00 bits per heavy atom. The van der Waals surface area contributed by atoms with E-state index in [0.29, 0.717) is 6.61 Å². The van der Waals surface area contributed by atoms with Crippen molar-refractivity contribution in [2.24, 2.45) is 5.92 Å². The molecule has 0 saturated carbocycles. The van der Waals surface area contributed by atoms with Crippen LogP contribution in [0.2, 0.25) is 0 Å². The number of aryl methyl sites for hydroxylation is 2. The molecule has 0 radical (unpaired) electrons. The topological polar surface area (TPSA) is 65.4 Å². The lowest BCUT2D eigenvalue weighted by Crippen LogP contribution is -2.28. The van der Waals surface area contributed by atoms with Crippen LogP contribution in [0.25, 0.3) is 11.0 Å². The lowest BCUT2D eigenvalue weighted by Gasteiger charge is -2.11. The fourth-order valence-electron chi connectivity index (χ4n) is 3.65. The van der Waals surface area contributed by atoms with Gasteiger partial charge in [0.1, 0.15) is 17.3 Å². The number of carbonyl (C=O) groups is 1. The molecule has 0 unspecified atom stereocenters. The number of hydrogen-bond donors (Lipinski definition) is 1. The average Bonchev–Trinajstić information content (AvgIpc) is 3.16. The molecule has 0 spiro atoms. The predicted molar refractivity (Wildman–Crippen MR) is 128 cm³/mol. The molecule has 0 aliphatic rings. The number of nitrogens with one attached hydrogen (secondary N) is 1. The highest BCUT2D eigenvalue weighted by atomic mass is 16.5. The van der Waals surface area contributed by atoms with Gasteiger partial charge in [-0.15, -0.1) is 0 Å². The van der Waals surface area contributed by atoms with Gasteiger partial charge in [0.25, 0.3) is 0 Å². The summed E-state index contributed by atoms with van der Waals surface area (Å²) in [6.45, 7) is 6.10. The van der Waals surface area contributed by atoms with Gasteiger partial charge in [-0.05, 0) is 55.7 Å². The van der Waals surface area contributed by atoms with Crippen LogP contribution in [0.5, 0.6) is 11.5 Å². The molecule has 172 valence electrons. The van der Waals surface area contributed by atoms with Crippen LogP contribution in [0, 0.1) is 5.92 Å². The monoisotopic (exact) mass is 437 g/mol. The second-order valence-corrected chi connectivity index (χ2v) is 8.30. The number of hydrogen-bond acceptors (Lipinski definition) is 4. The Balaban J connectivity index is 1.49. The first kappa shape index (κ1) is 23.6. The summed E-state index contributed by atoms with van der Waals surface area (Å²) in [6, 6.07) is 16.0. The number of fused-ring (bicyclic) bond motifs is 1. The van der Waals surface area contributed by atoms with Crippen molar-refractivity contribution in [1.82, 2.24) is 14.9 Å². The second kappa shape index (κ2) is 12.1. The lowest BCUT2D eigenvalue weighted by molar-refractivity contribution is -0.123. The fourth-order valence-corrected chi connectivity index (χ4v) is 3.65. The van der Waals surface area contributed by atoms with Crippen molar-refractivity contribution in [3.05, 3.63) is 54.4 Å². The SMILES string of the molecule is COc1ccc(OCCCn2c(CCCCCNC(=O)C(C)C)nc3ccccc32)cc1. The number of para-hydroxylation sites is 2. The van der Waals surface area contributed by atoms with Gasteiger partial charge in [0.15, 0.2) is 0 Å². The molecule has 32 heavy (non-hydrogen) atoms. The van der Waals surface area contributed by atoms with Gasteiger partial charge in [-0.3, -0.25) is 4.79 Å². The highest BCUT2D eigenvalue weighted by molar-refractivity contribution is 5.77. The van der Waals surface area contributed by atoms with Crippen molar-refractivity contribution in [2.45, 2.75) is 52.5 Å². The van der Waals surface area contributed by atoms with Crippen LogP contribution in [0.4, 0.5) is 0 Å². The quantitative estimate of drug-likeness (QED) is 0.382. The highest BCUT2D eigenvalue weighted by Gasteiger charge is 2.10. The van der Waals surface area contributed by atoms with Gasteiger partial charge in [-0.2, -0.15) is 0 Å². The number of ether oxygens (including phenoxy) is 2. The van der Waals surface area contributed by atoms with Crippen molar-refractivity contribution in [2.75, 3.05) is 20.3 Å². The number of imidazole rings is 1. The van der Waals surface area contributed by atoms with Crippen LogP contribution >= 0.6 is 0 Å². The fraction of sp³-hybridized carbons (Fsp3) is 0.462. The Morgan fingerprint density at radius 2 is 1.75 bits per heavy atom. The van der Waals surface area contributed by atoms with Gasteiger partial charge in [-0.25, -0.2) is 4.98 Å². The Labute approximate surface area is 190 Å². The molecule has 6 nitrogen and oxygen atoms in total. The van der Waals surface area contributed by atoms with Gasteiger partial charge < -0.3 is 19.4 Å². The molecule has 0 fully saturated rings. The van der Waals surface area contributed by atoms with Crippen molar-refractivity contribution in [3.8, 4) is 11.5 Å². The summed E-state index contributed by atoms with van der Waals surface area (Å²) >= 11 is 0. The van der Waals surface area contributed by atoms with Crippen molar-refractivity contribution >= 4 is 16.9 Å². The third kappa shape index (κ3) is 6.74. The Hall–Kier alpha value is -3.02. The van der Waals surface area contributed by atoms with E-state index >= 15 is 0 Å². The molecule has 1 aromatic heterocycles. The van der Waals surface area contributed by atoms with Crippen LogP contribution in [0.1, 0.15) is 45.4 Å². The van der Waals surface area contributed by atoms with E-state index in [1.165, 1.54) is 5.52 Å². The first-order valence-corrected chi connectivity index (χ1v) is 11.6. The number of amides is 1. The Morgan fingerprint density at radius 3 is 2.50 bits per heavy atom. The van der Waals surface area contributed by atoms with Crippen LogP contribution < -0.4 is 14.8 Å². The van der Waals surface area contributed by atoms with Crippen molar-refractivity contribution in [1.29, 1.82) is 0 Å². The third-order valence-electron chi connectivity index (χ3n) is 5.49. The molecule has 1 heterocycles. The molecular weight excluding hydrogens is 402 g/mol. The number of nitrogens with zero attached hydrogens (tertiary/aromatic N) is 2. The Bertz CT molecular complexity index is 980. The predicted octanol–water partition coefficient (Wildman–Crippen LogP) is 5.00. The standard InChI is InChI=1S/C26H35N3O3/c1-20(2)26(30)27-17-8-4-5-12-25-28-23-10-6-7-11-24(23)29(25)18-9-19-32-22-15-13-21(31-3)14-16-22/h6-7,10-11,13-16,20H,4-5,8-9,12,17-19H2,1-3H3,(H,27,30). The number of benzene rings is 2. The first-order chi connectivity index (χ1) is 15.6. The largest absolute Gasteiger partial charge is 0.497 e. The Kier molecular flexibility index (Phi) is 8.96. The summed E-state index contributed by atoms with van der Waals surface area (Å²) < 4.78 is 13.4. The number of unbranched alkanes of at least 4 members (excludes halogenated alkanes) is 2. The average molecular weight is 438 g/mol. The van der Waals surface area contributed by atoms with Crippen LogP contribution in [-0.4, -0.2) is 35.7 Å². The van der Waals surface area contributed by atoms with Gasteiger partial charge in [0, 0.05) is 25.4 Å². The minimum atomic E-state index is 0.0450. The van der Waals surface area contributed by atoms with Crippen LogP contribution in [0.15, 0.2) is 48.5 Å². The van der Waals surface area contributed by atoms with Crippen LogP contribution in [-0.2, 0) is 17.8 Å². The van der Waals surface area contributed by atoms with Gasteiger partial charge in [-0.1, -0.05) is 32.4 Å². The molecule has 0 atom stereocenters. The maximum Gasteiger partial charge on any atom is 0.222 e. The van der Waals surface area contributed by atoms with Crippen molar-refractivity contribution < 1.29 is 14.3 Å². The van der Waals surface area contributed by atoms with Crippen molar-refractivity contribution in [3.63, 3.8) is 0 Å². The summed E-state index contributed by atoms with van der Waals surface area (Å²) in [4.78, 5) is 16.5. The first-order valence-electron chi connectivity index (χ1n) is 11.6. The van der Waals surface area contributed by atoms with E-state index in [4.69, 9.17) is 14.5 Å². The zero-order valence-electron chi connectivity index (χ0n) is 19.5. The van der Waals surface area contributed by atoms with Gasteiger partial charge in [0.2, 0.25) is 5.91 Å². The molecular formula is C26H35N3O3. The van der Waals surface area contributed by atoms with E-state index in [2.05, 4.69) is 28.1 Å². The second-order valence-electron chi connectivity index (χ2n) is 8.30. The molecule has 0 aliphatic carbocycles. The molecule has 1 N–H and O–H groups in total. The molecule has 0 saturated heterocycles. The van der Waals surface area contributed by atoms with E-state index < -0.39 is 0 Å². The summed E-state index contributed by atoms with van der Waals surface area (Å²) in [5, 5.41) is 2.99. The highest BCUT2D eigenvalue weighted by Crippen LogP contribution is 2.20. The maximum atomic E-state index is 11.6. The number of methoxy groups -OCH3 is 1. The normalized spacial score (nSPS) is 11.1. The summed E-state index contributed by atoms with van der Waals surface area (Å²) in [5.74, 6) is 2.98. The molecule has 3 aromatic rings. The number of aromatic nitrogens is 2. The zero-order chi connectivity index (χ0) is 22.8. The third-order valence-corrected chi connectivity index (χ3v) is 5.49. The maximum absolute atomic E-state index is 11.6. The number of carbonyl (C=O) groups excluding carboxylic acids is 1. The summed E-state index contributed by atoms with van der Waals surface area (Å²) in [6.07, 6.45) is 4.96. The summed E-state index contributed by atoms with van der Waals surface area (Å²) in [5.41, 5.74) is 2.22. The minimum absolute atomic E-state index is 0.0450. The lowest BCUT2D eigenvalue weighted by atomic mass is 10.1. The van der Waals surface area contributed by atoms with E-state index in [0.717, 1.165) is 68.0 Å². The molecule has 1 amide bonds. The molecule has 0 bridgehead atoms. The number of rotatable bonds is 13.